The number of aromatic nitrogens is 3. The van der Waals surface area contributed by atoms with E-state index in [4.69, 9.17) is 8.94 Å². The van der Waals surface area contributed by atoms with Crippen LogP contribution in [0.3, 0.4) is 0 Å². The van der Waals surface area contributed by atoms with E-state index in [1.165, 1.54) is 0 Å². The Hall–Kier alpha value is -1.69. The molecule has 6 nitrogen and oxygen atoms in total. The van der Waals surface area contributed by atoms with Crippen molar-refractivity contribution < 1.29 is 8.94 Å². The van der Waals surface area contributed by atoms with Gasteiger partial charge in [0.25, 0.3) is 0 Å². The van der Waals surface area contributed by atoms with E-state index in [1.54, 1.807) is 0 Å². The lowest BCUT2D eigenvalue weighted by Crippen LogP contribution is -2.23. The summed E-state index contributed by atoms with van der Waals surface area (Å²) >= 11 is 0. The van der Waals surface area contributed by atoms with Crippen molar-refractivity contribution in [2.45, 2.75) is 58.5 Å². The van der Waals surface area contributed by atoms with Crippen LogP contribution in [0.4, 0.5) is 0 Å². The molecule has 0 unspecified atom stereocenters. The third-order valence-corrected chi connectivity index (χ3v) is 3.90. The first-order chi connectivity index (χ1) is 10.2. The standard InChI is InChI=1S/C15H22N4O2/c1-4-11-8-16-13(20-11)9-19-7-5-6-12(19)14-17-15(10(2)3)21-18-14/h8,10,12H,4-7,9H2,1-3H3/t12-/m0/s1. The average Bonchev–Trinajstić information content (AvgIpc) is 3.18. The Morgan fingerprint density at radius 1 is 1.43 bits per heavy atom. The molecule has 1 fully saturated rings. The van der Waals surface area contributed by atoms with Gasteiger partial charge in [0.15, 0.2) is 5.82 Å². The number of oxazole rings is 1. The highest BCUT2D eigenvalue weighted by molar-refractivity contribution is 5.01. The molecule has 21 heavy (non-hydrogen) atoms. The van der Waals surface area contributed by atoms with Gasteiger partial charge in [-0.3, -0.25) is 4.90 Å². The topological polar surface area (TPSA) is 68.2 Å². The van der Waals surface area contributed by atoms with E-state index in [0.29, 0.717) is 12.4 Å². The van der Waals surface area contributed by atoms with Gasteiger partial charge in [-0.05, 0) is 19.4 Å². The third-order valence-electron chi connectivity index (χ3n) is 3.90. The van der Waals surface area contributed by atoms with Gasteiger partial charge in [-0.2, -0.15) is 4.98 Å². The van der Waals surface area contributed by atoms with E-state index in [0.717, 1.165) is 43.3 Å². The number of hydrogen-bond donors (Lipinski definition) is 0. The van der Waals surface area contributed by atoms with Gasteiger partial charge in [0, 0.05) is 12.3 Å². The number of rotatable bonds is 5. The van der Waals surface area contributed by atoms with Crippen molar-refractivity contribution >= 4 is 0 Å². The maximum atomic E-state index is 5.71. The van der Waals surface area contributed by atoms with Crippen molar-refractivity contribution in [3.05, 3.63) is 29.6 Å². The molecular formula is C15H22N4O2. The molecule has 2 aromatic rings. The lowest BCUT2D eigenvalue weighted by atomic mass is 10.2. The minimum atomic E-state index is 0.207. The van der Waals surface area contributed by atoms with Crippen LogP contribution in [0.2, 0.25) is 0 Å². The van der Waals surface area contributed by atoms with Crippen LogP contribution < -0.4 is 0 Å². The van der Waals surface area contributed by atoms with Crippen molar-refractivity contribution in [3.8, 4) is 0 Å². The predicted molar refractivity (Wildman–Crippen MR) is 76.7 cm³/mol. The highest BCUT2D eigenvalue weighted by atomic mass is 16.5. The lowest BCUT2D eigenvalue weighted by molar-refractivity contribution is 0.210. The molecule has 3 heterocycles. The molecule has 0 spiro atoms. The van der Waals surface area contributed by atoms with Gasteiger partial charge in [0.05, 0.1) is 18.8 Å². The summed E-state index contributed by atoms with van der Waals surface area (Å²) < 4.78 is 11.0. The van der Waals surface area contributed by atoms with Crippen LogP contribution >= 0.6 is 0 Å². The van der Waals surface area contributed by atoms with Crippen LogP contribution in [0.5, 0.6) is 0 Å². The molecule has 0 radical (unpaired) electrons. The second-order valence-electron chi connectivity index (χ2n) is 5.85. The largest absolute Gasteiger partial charge is 0.444 e. The molecule has 1 aliphatic heterocycles. The number of likely N-dealkylation sites (tertiary alicyclic amines) is 1. The molecule has 0 saturated carbocycles. The van der Waals surface area contributed by atoms with Gasteiger partial charge in [0.2, 0.25) is 11.8 Å². The maximum Gasteiger partial charge on any atom is 0.229 e. The molecule has 1 aliphatic rings. The molecule has 3 rings (SSSR count). The lowest BCUT2D eigenvalue weighted by Gasteiger charge is -2.19. The SMILES string of the molecule is CCc1cnc(CN2CCC[C@H]2c2noc(C(C)C)n2)o1. The molecule has 1 saturated heterocycles. The van der Waals surface area contributed by atoms with Crippen LogP contribution in [-0.4, -0.2) is 26.6 Å². The zero-order valence-corrected chi connectivity index (χ0v) is 12.9. The van der Waals surface area contributed by atoms with Crippen LogP contribution in [0.1, 0.15) is 68.9 Å². The Bertz CT molecular complexity index is 590. The van der Waals surface area contributed by atoms with Gasteiger partial charge in [-0.25, -0.2) is 4.98 Å². The second-order valence-corrected chi connectivity index (χ2v) is 5.85. The van der Waals surface area contributed by atoms with Gasteiger partial charge in [-0.1, -0.05) is 25.9 Å². The normalized spacial score (nSPS) is 19.7. The molecular weight excluding hydrogens is 268 g/mol. The number of aryl methyl sites for hydroxylation is 1. The number of nitrogens with zero attached hydrogens (tertiary/aromatic N) is 4. The Morgan fingerprint density at radius 3 is 2.95 bits per heavy atom. The quantitative estimate of drug-likeness (QED) is 0.843. The molecule has 0 aliphatic carbocycles. The Balaban J connectivity index is 1.72. The van der Waals surface area contributed by atoms with E-state index >= 15 is 0 Å². The van der Waals surface area contributed by atoms with Gasteiger partial charge in [-0.15, -0.1) is 0 Å². The van der Waals surface area contributed by atoms with Crippen LogP contribution in [0.25, 0.3) is 0 Å². The molecule has 0 aromatic carbocycles. The Labute approximate surface area is 124 Å². The van der Waals surface area contributed by atoms with Crippen molar-refractivity contribution in [3.63, 3.8) is 0 Å². The molecule has 1 atom stereocenters. The monoisotopic (exact) mass is 290 g/mol. The smallest absolute Gasteiger partial charge is 0.229 e. The molecule has 0 bridgehead atoms. The first-order valence-corrected chi connectivity index (χ1v) is 7.68. The minimum absolute atomic E-state index is 0.207. The summed E-state index contributed by atoms with van der Waals surface area (Å²) in [5, 5.41) is 4.15. The second kappa shape index (κ2) is 5.97. The predicted octanol–water partition coefficient (Wildman–Crippen LogP) is 3.08. The first kappa shape index (κ1) is 14.3. The average molecular weight is 290 g/mol. The molecule has 114 valence electrons. The highest BCUT2D eigenvalue weighted by Gasteiger charge is 2.31. The summed E-state index contributed by atoms with van der Waals surface area (Å²) in [5.41, 5.74) is 0. The van der Waals surface area contributed by atoms with Gasteiger partial charge >= 0.3 is 0 Å². The summed E-state index contributed by atoms with van der Waals surface area (Å²) in [5.74, 6) is 3.47. The third kappa shape index (κ3) is 3.00. The molecule has 2 aromatic heterocycles. The molecule has 0 N–H and O–H groups in total. The van der Waals surface area contributed by atoms with Crippen molar-refractivity contribution in [1.29, 1.82) is 0 Å². The fraction of sp³-hybridized carbons (Fsp3) is 0.667. The van der Waals surface area contributed by atoms with Crippen molar-refractivity contribution in [1.82, 2.24) is 20.0 Å². The highest BCUT2D eigenvalue weighted by Crippen LogP contribution is 2.32. The van der Waals surface area contributed by atoms with E-state index < -0.39 is 0 Å². The van der Waals surface area contributed by atoms with E-state index in [-0.39, 0.29) is 12.0 Å². The van der Waals surface area contributed by atoms with Crippen LogP contribution in [0.15, 0.2) is 15.1 Å². The summed E-state index contributed by atoms with van der Waals surface area (Å²) in [6.45, 7) is 7.90. The summed E-state index contributed by atoms with van der Waals surface area (Å²) in [4.78, 5) is 11.2. The zero-order chi connectivity index (χ0) is 14.8. The minimum Gasteiger partial charge on any atom is -0.444 e. The summed E-state index contributed by atoms with van der Waals surface area (Å²) in [6.07, 6.45) is 4.88. The van der Waals surface area contributed by atoms with Crippen molar-refractivity contribution in [2.24, 2.45) is 0 Å². The fourth-order valence-corrected chi connectivity index (χ4v) is 2.68. The first-order valence-electron chi connectivity index (χ1n) is 7.68. The molecule has 0 amide bonds. The maximum absolute atomic E-state index is 5.71. The van der Waals surface area contributed by atoms with Crippen LogP contribution in [-0.2, 0) is 13.0 Å². The Kier molecular flexibility index (Phi) is 4.05. The summed E-state index contributed by atoms with van der Waals surface area (Å²) in [6, 6.07) is 0.207. The van der Waals surface area contributed by atoms with Crippen molar-refractivity contribution in [2.75, 3.05) is 6.54 Å². The van der Waals surface area contributed by atoms with Crippen LogP contribution in [0, 0.1) is 0 Å². The zero-order valence-electron chi connectivity index (χ0n) is 12.9. The van der Waals surface area contributed by atoms with Gasteiger partial charge in [0.1, 0.15) is 5.76 Å². The van der Waals surface area contributed by atoms with E-state index in [2.05, 4.69) is 40.8 Å². The van der Waals surface area contributed by atoms with E-state index in [9.17, 15) is 0 Å². The fourth-order valence-electron chi connectivity index (χ4n) is 2.68. The summed E-state index contributed by atoms with van der Waals surface area (Å²) in [7, 11) is 0. The Morgan fingerprint density at radius 2 is 2.29 bits per heavy atom. The molecule has 6 heteroatoms. The van der Waals surface area contributed by atoms with Gasteiger partial charge < -0.3 is 8.94 Å². The van der Waals surface area contributed by atoms with E-state index in [1.807, 2.05) is 6.20 Å². The number of hydrogen-bond acceptors (Lipinski definition) is 6.